The molecule has 0 fully saturated rings. The minimum atomic E-state index is -4.41. The highest BCUT2D eigenvalue weighted by molar-refractivity contribution is 5.49. The van der Waals surface area contributed by atoms with Gasteiger partial charge in [0.15, 0.2) is 6.29 Å². The predicted octanol–water partition coefficient (Wildman–Crippen LogP) is 6.14. The zero-order valence-corrected chi connectivity index (χ0v) is 17.2. The Hall–Kier alpha value is -1.79. The summed E-state index contributed by atoms with van der Waals surface area (Å²) in [7, 11) is 0. The van der Waals surface area contributed by atoms with Gasteiger partial charge in [0.2, 0.25) is 0 Å². The van der Waals surface area contributed by atoms with Gasteiger partial charge in [-0.15, -0.1) is 0 Å². The second-order valence-corrected chi connectivity index (χ2v) is 6.68. The molecule has 2 rings (SSSR count). The Morgan fingerprint density at radius 1 is 0.964 bits per heavy atom. The van der Waals surface area contributed by atoms with Crippen molar-refractivity contribution >= 4 is 0 Å². The van der Waals surface area contributed by atoms with E-state index in [9.17, 15) is 13.2 Å². The molecule has 3 nitrogen and oxygen atoms in total. The van der Waals surface area contributed by atoms with E-state index >= 15 is 0 Å². The van der Waals surface area contributed by atoms with E-state index in [1.807, 2.05) is 34.6 Å². The lowest BCUT2D eigenvalue weighted by Gasteiger charge is -2.36. The fourth-order valence-electron chi connectivity index (χ4n) is 3.92. The second-order valence-electron chi connectivity index (χ2n) is 6.68. The summed E-state index contributed by atoms with van der Waals surface area (Å²) >= 11 is 0. The highest BCUT2D eigenvalue weighted by Gasteiger charge is 2.39. The number of nitrogens with one attached hydrogen (secondary N) is 1. The summed E-state index contributed by atoms with van der Waals surface area (Å²) in [5.74, 6) is -0.451. The molecule has 0 saturated carbocycles. The fourth-order valence-corrected chi connectivity index (χ4v) is 3.92. The van der Waals surface area contributed by atoms with Crippen LogP contribution in [0.25, 0.3) is 0 Å². The standard InChI is InChI=1S/C22H30F3NO2/c1-6-15-14(5)26-20(21(27-8-3)28-9-4)16(7-2)19(15)17-12-10-11-13-18(17)22(23,24)25/h10-13,19,21,26H,6-9H2,1-5H3. The van der Waals surface area contributed by atoms with Crippen molar-refractivity contribution in [1.29, 1.82) is 0 Å². The van der Waals surface area contributed by atoms with Gasteiger partial charge < -0.3 is 14.8 Å². The van der Waals surface area contributed by atoms with Gasteiger partial charge in [-0.1, -0.05) is 32.0 Å². The minimum absolute atomic E-state index is 0.286. The minimum Gasteiger partial charge on any atom is -0.358 e. The molecular formula is C22H30F3NO2. The monoisotopic (exact) mass is 397 g/mol. The number of dihydropyridines is 1. The molecule has 0 bridgehead atoms. The van der Waals surface area contributed by atoms with Crippen molar-refractivity contribution in [2.45, 2.75) is 65.8 Å². The van der Waals surface area contributed by atoms with Crippen LogP contribution >= 0.6 is 0 Å². The van der Waals surface area contributed by atoms with Crippen LogP contribution in [0.1, 0.15) is 64.5 Å². The zero-order chi connectivity index (χ0) is 20.9. The summed E-state index contributed by atoms with van der Waals surface area (Å²) in [6, 6.07) is 5.86. The lowest BCUT2D eigenvalue weighted by atomic mass is 9.76. The summed E-state index contributed by atoms with van der Waals surface area (Å²) in [5.41, 5.74) is 3.13. The molecule has 1 aliphatic heterocycles. The van der Waals surface area contributed by atoms with E-state index in [-0.39, 0.29) is 5.56 Å². The van der Waals surface area contributed by atoms with Gasteiger partial charge in [-0.2, -0.15) is 13.2 Å². The molecule has 1 heterocycles. The predicted molar refractivity (Wildman–Crippen MR) is 105 cm³/mol. The van der Waals surface area contributed by atoms with E-state index in [0.29, 0.717) is 26.1 Å². The number of hydrogen-bond donors (Lipinski definition) is 1. The van der Waals surface area contributed by atoms with Crippen LogP contribution in [0.2, 0.25) is 0 Å². The number of allylic oxidation sites excluding steroid dienone is 3. The molecule has 156 valence electrons. The summed E-state index contributed by atoms with van der Waals surface area (Å²) < 4.78 is 52.8. The Labute approximate surface area is 165 Å². The molecule has 1 aromatic carbocycles. The van der Waals surface area contributed by atoms with Crippen molar-refractivity contribution in [1.82, 2.24) is 5.32 Å². The van der Waals surface area contributed by atoms with Crippen LogP contribution in [-0.2, 0) is 15.7 Å². The van der Waals surface area contributed by atoms with Gasteiger partial charge in [0.25, 0.3) is 0 Å². The van der Waals surface area contributed by atoms with Crippen LogP contribution in [0, 0.1) is 0 Å². The van der Waals surface area contributed by atoms with Crippen LogP contribution in [0.3, 0.4) is 0 Å². The Morgan fingerprint density at radius 2 is 1.54 bits per heavy atom. The molecule has 0 radical (unpaired) electrons. The third kappa shape index (κ3) is 4.61. The first-order valence-electron chi connectivity index (χ1n) is 9.88. The molecule has 0 spiro atoms. The Bertz CT molecular complexity index is 732. The fraction of sp³-hybridized carbons (Fsp3) is 0.545. The molecule has 1 aromatic rings. The van der Waals surface area contributed by atoms with E-state index in [2.05, 4.69) is 5.32 Å². The van der Waals surface area contributed by atoms with Gasteiger partial charge in [-0.3, -0.25) is 0 Å². The van der Waals surface area contributed by atoms with Crippen LogP contribution in [-0.4, -0.2) is 19.5 Å². The number of halogens is 3. The van der Waals surface area contributed by atoms with E-state index in [0.717, 1.165) is 28.6 Å². The summed E-state index contributed by atoms with van der Waals surface area (Å²) in [4.78, 5) is 0. The third-order valence-electron chi connectivity index (χ3n) is 5.06. The van der Waals surface area contributed by atoms with E-state index in [1.165, 1.54) is 6.07 Å². The number of benzene rings is 1. The molecule has 0 aromatic heterocycles. The summed E-state index contributed by atoms with van der Waals surface area (Å²) in [5, 5.41) is 3.37. The normalized spacial score (nSPS) is 18.1. The molecular weight excluding hydrogens is 367 g/mol. The van der Waals surface area contributed by atoms with Crippen LogP contribution in [0.5, 0.6) is 0 Å². The zero-order valence-electron chi connectivity index (χ0n) is 17.2. The highest BCUT2D eigenvalue weighted by Crippen LogP contribution is 2.46. The van der Waals surface area contributed by atoms with Gasteiger partial charge in [0, 0.05) is 24.8 Å². The topological polar surface area (TPSA) is 30.5 Å². The lowest BCUT2D eigenvalue weighted by Crippen LogP contribution is -2.35. The van der Waals surface area contributed by atoms with Crippen molar-refractivity contribution in [3.8, 4) is 0 Å². The van der Waals surface area contributed by atoms with Crippen LogP contribution in [0.4, 0.5) is 13.2 Å². The maximum absolute atomic E-state index is 13.8. The summed E-state index contributed by atoms with van der Waals surface area (Å²) in [6.07, 6.45) is -3.79. The number of alkyl halides is 3. The Kier molecular flexibility index (Phi) is 7.72. The van der Waals surface area contributed by atoms with Gasteiger partial charge in [-0.05, 0) is 56.4 Å². The third-order valence-corrected chi connectivity index (χ3v) is 5.06. The molecule has 1 atom stereocenters. The molecule has 0 aliphatic carbocycles. The quantitative estimate of drug-likeness (QED) is 0.535. The molecule has 1 unspecified atom stereocenters. The number of rotatable bonds is 8. The van der Waals surface area contributed by atoms with Gasteiger partial charge in [-0.25, -0.2) is 0 Å². The average molecular weight is 397 g/mol. The van der Waals surface area contributed by atoms with Crippen LogP contribution < -0.4 is 5.32 Å². The summed E-state index contributed by atoms with van der Waals surface area (Å²) in [6.45, 7) is 10.5. The lowest BCUT2D eigenvalue weighted by molar-refractivity contribution is -0.138. The molecule has 6 heteroatoms. The molecule has 1 N–H and O–H groups in total. The SMILES string of the molecule is CCOC(OCC)C1=C(CC)C(c2ccccc2C(F)(F)F)C(CC)=C(C)N1. The smallest absolute Gasteiger partial charge is 0.358 e. The van der Waals surface area contributed by atoms with Crippen molar-refractivity contribution in [2.24, 2.45) is 0 Å². The van der Waals surface area contributed by atoms with E-state index in [4.69, 9.17) is 9.47 Å². The largest absolute Gasteiger partial charge is 0.416 e. The van der Waals surface area contributed by atoms with Crippen LogP contribution in [0.15, 0.2) is 46.8 Å². The molecule has 0 saturated heterocycles. The first kappa shape index (κ1) is 22.5. The molecule has 1 aliphatic rings. The number of hydrogen-bond acceptors (Lipinski definition) is 3. The average Bonchev–Trinajstić information content (AvgIpc) is 2.66. The van der Waals surface area contributed by atoms with E-state index < -0.39 is 23.9 Å². The highest BCUT2D eigenvalue weighted by atomic mass is 19.4. The number of ether oxygens (including phenoxy) is 2. The maximum Gasteiger partial charge on any atom is 0.416 e. The Morgan fingerprint density at radius 3 is 2.04 bits per heavy atom. The van der Waals surface area contributed by atoms with Gasteiger partial charge >= 0.3 is 6.18 Å². The van der Waals surface area contributed by atoms with Crippen molar-refractivity contribution in [2.75, 3.05) is 13.2 Å². The van der Waals surface area contributed by atoms with Crippen molar-refractivity contribution < 1.29 is 22.6 Å². The van der Waals surface area contributed by atoms with Gasteiger partial charge in [0.1, 0.15) is 0 Å². The van der Waals surface area contributed by atoms with Gasteiger partial charge in [0.05, 0.1) is 11.3 Å². The van der Waals surface area contributed by atoms with E-state index in [1.54, 1.807) is 12.1 Å². The first-order valence-corrected chi connectivity index (χ1v) is 9.88. The molecule has 0 amide bonds. The van der Waals surface area contributed by atoms with Crippen molar-refractivity contribution in [3.63, 3.8) is 0 Å². The van der Waals surface area contributed by atoms with Crippen molar-refractivity contribution in [3.05, 3.63) is 57.9 Å². The maximum atomic E-state index is 13.8. The first-order chi connectivity index (χ1) is 13.3. The second kappa shape index (κ2) is 9.61. The Balaban J connectivity index is 2.71. The molecule has 28 heavy (non-hydrogen) atoms.